The van der Waals surface area contributed by atoms with Crippen molar-refractivity contribution in [2.75, 3.05) is 126 Å². The number of carbonyl (C=O) groups excluding carboxylic acids is 1. The quantitative estimate of drug-likeness (QED) is 0.0493. The van der Waals surface area contributed by atoms with E-state index < -0.39 is 5.60 Å². The summed E-state index contributed by atoms with van der Waals surface area (Å²) in [6, 6.07) is 40.9. The Morgan fingerprint density at radius 2 is 0.904 bits per heavy atom. The van der Waals surface area contributed by atoms with Gasteiger partial charge < -0.3 is 54.7 Å². The lowest BCUT2D eigenvalue weighted by Crippen LogP contribution is -2.53. The molecular formula is C63H74Cl6N6O8. The van der Waals surface area contributed by atoms with Crippen molar-refractivity contribution in [2.24, 2.45) is 5.92 Å². The van der Waals surface area contributed by atoms with Gasteiger partial charge in [-0.05, 0) is 122 Å². The van der Waals surface area contributed by atoms with E-state index in [1.54, 1.807) is 25.1 Å². The minimum Gasteiger partial charge on any atom is -0.491 e. The Morgan fingerprint density at radius 3 is 1.28 bits per heavy atom. The summed E-state index contributed by atoms with van der Waals surface area (Å²) in [6.45, 7) is 12.6. The summed E-state index contributed by atoms with van der Waals surface area (Å²) >= 11 is 37.9. The van der Waals surface area contributed by atoms with Crippen LogP contribution in [0.2, 0.25) is 30.1 Å². The van der Waals surface area contributed by atoms with Crippen LogP contribution in [0.1, 0.15) is 61.5 Å². The molecule has 3 heterocycles. The van der Waals surface area contributed by atoms with E-state index in [0.717, 1.165) is 105 Å². The van der Waals surface area contributed by atoms with E-state index in [1.165, 1.54) is 5.56 Å². The molecule has 1 unspecified atom stereocenters. The predicted octanol–water partition coefficient (Wildman–Crippen LogP) is 11.7. The molecule has 1 aliphatic carbocycles. The number of hydrogen-bond donors (Lipinski definition) is 5. The molecule has 4 atom stereocenters. The van der Waals surface area contributed by atoms with Crippen LogP contribution < -0.4 is 34.2 Å². The second-order valence-corrected chi connectivity index (χ2v) is 23.9. The average Bonchev–Trinajstić information content (AvgIpc) is 4.11. The number of Topliss-reactive ketones (excluding diaryl/α,β-unsaturated/α-hetero) is 1. The Morgan fingerprint density at radius 1 is 0.530 bits per heavy atom. The fourth-order valence-corrected chi connectivity index (χ4v) is 12.2. The molecule has 4 aliphatic rings. The molecule has 3 saturated heterocycles. The highest BCUT2D eigenvalue weighted by atomic mass is 35.5. The molecule has 0 amide bonds. The molecular weight excluding hydrogens is 1180 g/mol. The monoisotopic (exact) mass is 1250 g/mol. The van der Waals surface area contributed by atoms with Gasteiger partial charge in [-0.3, -0.25) is 14.6 Å². The number of rotatable bonds is 20. The Bertz CT molecular complexity index is 3020. The molecule has 446 valence electrons. The summed E-state index contributed by atoms with van der Waals surface area (Å²) in [5, 5.41) is 45.1. The van der Waals surface area contributed by atoms with E-state index in [2.05, 4.69) is 54.1 Å². The van der Waals surface area contributed by atoms with Crippen LogP contribution in [0.3, 0.4) is 0 Å². The van der Waals surface area contributed by atoms with Crippen molar-refractivity contribution in [2.45, 2.75) is 50.4 Å². The highest BCUT2D eigenvalue weighted by molar-refractivity contribution is 6.34. The highest BCUT2D eigenvalue weighted by Crippen LogP contribution is 2.43. The van der Waals surface area contributed by atoms with Crippen molar-refractivity contribution in [1.82, 2.24) is 15.1 Å². The van der Waals surface area contributed by atoms with Crippen LogP contribution in [-0.2, 0) is 4.79 Å². The molecule has 10 rings (SSSR count). The number of aliphatic hydroxyl groups excluding tert-OH is 3. The molecule has 3 aliphatic heterocycles. The summed E-state index contributed by atoms with van der Waals surface area (Å²) in [5.74, 6) is 2.51. The zero-order valence-electron chi connectivity index (χ0n) is 46.8. The highest BCUT2D eigenvalue weighted by Gasteiger charge is 2.42. The maximum Gasteiger partial charge on any atom is 0.143 e. The van der Waals surface area contributed by atoms with Gasteiger partial charge in [-0.25, -0.2) is 0 Å². The fraction of sp³-hybridized carbons (Fsp3) is 0.413. The standard InChI is InChI=1S/C24H30Cl2N2O3.C21H24Cl2N2O3.C18H20Cl2N2O2/c1-24(30,18-4-5-18)16-27-10-11-28(23(15-27)17-2-6-19(25)7-3-17)22-9-8-20(14-21(22)26)31-13-12-29;1-15(27)13-24-8-9-25(21(14-24)16-2-4-17(22)5-3-16)20-7-6-18(12-19(20)23)28-11-10-26;19-14-3-1-13(2-4-14)18-12-21-7-8-22(18)17-6-5-15(11-16(17)20)24-10-9-23/h2-3,6-9,14,18,23,29-30H,4-5,10-13,15-16H2,1H3;2-7,12,21,26H,8-11,13-14H2,1H3;1-6,11,18,21,23H,7-10,12H2/t23-,24?;21-;18-/m000/s1. The molecule has 20 heteroatoms. The van der Waals surface area contributed by atoms with E-state index in [9.17, 15) is 9.90 Å². The Kier molecular flexibility index (Phi) is 24.0. The zero-order chi connectivity index (χ0) is 59.0. The lowest BCUT2D eigenvalue weighted by Gasteiger charge is -2.45. The van der Waals surface area contributed by atoms with Gasteiger partial charge in [-0.1, -0.05) is 106 Å². The first-order chi connectivity index (χ1) is 40.0. The molecule has 0 aromatic heterocycles. The normalized spacial score (nSPS) is 19.2. The van der Waals surface area contributed by atoms with E-state index in [0.29, 0.717) is 61.4 Å². The number of benzene rings is 6. The maximum atomic E-state index is 11.6. The number of ketones is 1. The van der Waals surface area contributed by atoms with Gasteiger partial charge in [-0.2, -0.15) is 0 Å². The molecule has 83 heavy (non-hydrogen) atoms. The predicted molar refractivity (Wildman–Crippen MR) is 336 cm³/mol. The van der Waals surface area contributed by atoms with Crippen LogP contribution in [0.25, 0.3) is 0 Å². The van der Waals surface area contributed by atoms with E-state index in [4.69, 9.17) is 99.1 Å². The van der Waals surface area contributed by atoms with Gasteiger partial charge in [0.2, 0.25) is 0 Å². The molecule has 0 bridgehead atoms. The number of ether oxygens (including phenoxy) is 3. The molecule has 14 nitrogen and oxygen atoms in total. The minimum atomic E-state index is -0.643. The largest absolute Gasteiger partial charge is 0.491 e. The molecule has 5 N–H and O–H groups in total. The van der Waals surface area contributed by atoms with Crippen molar-refractivity contribution < 1.29 is 39.4 Å². The van der Waals surface area contributed by atoms with Gasteiger partial charge >= 0.3 is 0 Å². The van der Waals surface area contributed by atoms with E-state index >= 15 is 0 Å². The maximum absolute atomic E-state index is 11.6. The zero-order valence-corrected chi connectivity index (χ0v) is 51.3. The minimum absolute atomic E-state index is 0.0180. The number of β-amino-alcohol motifs (C(OH)–C–C–N with tert-alkyl or cyclic N) is 1. The molecule has 4 fully saturated rings. The summed E-state index contributed by atoms with van der Waals surface area (Å²) in [4.78, 5) is 23.0. The van der Waals surface area contributed by atoms with Crippen LogP contribution in [0.5, 0.6) is 17.2 Å². The van der Waals surface area contributed by atoms with Crippen molar-refractivity contribution in [1.29, 1.82) is 0 Å². The molecule has 1 saturated carbocycles. The van der Waals surface area contributed by atoms with Gasteiger partial charge in [0, 0.05) is 98.7 Å². The summed E-state index contributed by atoms with van der Waals surface area (Å²) in [6.07, 6.45) is 2.24. The van der Waals surface area contributed by atoms with Crippen LogP contribution in [-0.4, -0.2) is 153 Å². The topological polar surface area (TPSA) is 154 Å². The van der Waals surface area contributed by atoms with Gasteiger partial charge in [0.25, 0.3) is 0 Å². The Balaban J connectivity index is 0.000000164. The van der Waals surface area contributed by atoms with Crippen LogP contribution in [0, 0.1) is 5.92 Å². The number of carbonyl (C=O) groups is 1. The van der Waals surface area contributed by atoms with Gasteiger partial charge in [0.15, 0.2) is 0 Å². The van der Waals surface area contributed by atoms with Crippen molar-refractivity contribution in [3.8, 4) is 17.2 Å². The van der Waals surface area contributed by atoms with Crippen LogP contribution >= 0.6 is 69.6 Å². The summed E-state index contributed by atoms with van der Waals surface area (Å²) < 4.78 is 16.4. The lowest BCUT2D eigenvalue weighted by molar-refractivity contribution is -0.118. The Labute approximate surface area is 517 Å². The first kappa shape index (κ1) is 64.3. The first-order valence-corrected chi connectivity index (χ1v) is 30.3. The third-order valence-corrected chi connectivity index (χ3v) is 16.8. The number of nitrogens with zero attached hydrogens (tertiary/aromatic N) is 5. The summed E-state index contributed by atoms with van der Waals surface area (Å²) in [5.41, 5.74) is 5.69. The molecule has 6 aromatic carbocycles. The second-order valence-electron chi connectivity index (χ2n) is 21.3. The van der Waals surface area contributed by atoms with E-state index in [-0.39, 0.29) is 63.6 Å². The molecule has 6 aromatic rings. The summed E-state index contributed by atoms with van der Waals surface area (Å²) in [7, 11) is 0. The van der Waals surface area contributed by atoms with Gasteiger partial charge in [-0.15, -0.1) is 0 Å². The van der Waals surface area contributed by atoms with Crippen molar-refractivity contribution in [3.63, 3.8) is 0 Å². The van der Waals surface area contributed by atoms with E-state index in [1.807, 2.05) is 91.9 Å². The average molecular weight is 1260 g/mol. The van der Waals surface area contributed by atoms with Gasteiger partial charge in [0.05, 0.1) is 82.2 Å². The number of anilines is 3. The number of piperazine rings is 3. The second kappa shape index (κ2) is 31.1. The molecule has 0 radical (unpaired) electrons. The van der Waals surface area contributed by atoms with Gasteiger partial charge in [0.1, 0.15) is 42.9 Å². The fourth-order valence-electron chi connectivity index (χ4n) is 11.0. The first-order valence-electron chi connectivity index (χ1n) is 28.1. The van der Waals surface area contributed by atoms with Crippen molar-refractivity contribution >= 4 is 92.5 Å². The smallest absolute Gasteiger partial charge is 0.143 e. The van der Waals surface area contributed by atoms with Crippen molar-refractivity contribution in [3.05, 3.63) is 174 Å². The number of aliphatic hydroxyl groups is 4. The molecule has 0 spiro atoms. The van der Waals surface area contributed by atoms with Crippen LogP contribution in [0.4, 0.5) is 17.1 Å². The number of hydrogen-bond acceptors (Lipinski definition) is 14. The lowest BCUT2D eigenvalue weighted by atomic mass is 9.96. The third kappa shape index (κ3) is 18.1. The number of halogens is 6. The number of nitrogens with one attached hydrogen (secondary N) is 1. The Hall–Kier alpha value is -4.75. The van der Waals surface area contributed by atoms with Crippen LogP contribution in [0.15, 0.2) is 127 Å². The SMILES string of the molecule is CC(=O)CN1CCN(c2ccc(OCCO)cc2Cl)[C@H](c2ccc(Cl)cc2)C1.CC(O)(CN1CCN(c2ccc(OCCO)cc2Cl)[C@H](c2ccc(Cl)cc2)C1)C1CC1.OCCOc1ccc(N2CCNC[C@H]2c2ccc(Cl)cc2)c(Cl)c1. The third-order valence-electron chi connectivity index (χ3n) is 15.1.